The predicted octanol–water partition coefficient (Wildman–Crippen LogP) is 3.04. The smallest absolute Gasteiger partial charge is 0.187 e. The Bertz CT molecular complexity index is 844. The van der Waals surface area contributed by atoms with Crippen LogP contribution < -0.4 is 15.0 Å². The minimum absolute atomic E-state index is 0.861. The van der Waals surface area contributed by atoms with Crippen LogP contribution in [0.25, 0.3) is 0 Å². The van der Waals surface area contributed by atoms with Crippen molar-refractivity contribution < 1.29 is 9.64 Å². The molecule has 2 heterocycles. The number of benzene rings is 2. The minimum atomic E-state index is 0.861. The van der Waals surface area contributed by atoms with Crippen molar-refractivity contribution in [1.82, 2.24) is 4.98 Å². The molecule has 0 amide bonds. The van der Waals surface area contributed by atoms with E-state index in [0.717, 1.165) is 41.8 Å². The molecule has 1 aliphatic heterocycles. The second-order valence-electron chi connectivity index (χ2n) is 6.37. The van der Waals surface area contributed by atoms with Crippen LogP contribution in [0.4, 0.5) is 10.8 Å². The largest absolute Gasteiger partial charge is 0.497 e. The Morgan fingerprint density at radius 3 is 2.72 bits per heavy atom. The average Bonchev–Trinajstić information content (AvgIpc) is 3.09. The molecule has 0 radical (unpaired) electrons. The molecule has 5 heteroatoms. The van der Waals surface area contributed by atoms with Crippen LogP contribution in [0.15, 0.2) is 53.9 Å². The number of nitrogens with one attached hydrogen (secondary N) is 2. The zero-order chi connectivity index (χ0) is 17.1. The first-order chi connectivity index (χ1) is 12.3. The Morgan fingerprint density at radius 1 is 1.12 bits per heavy atom. The zero-order valence-corrected chi connectivity index (χ0v) is 15.1. The number of fused-ring (bicyclic) bond motifs is 1. The van der Waals surface area contributed by atoms with Gasteiger partial charge in [-0.3, -0.25) is 0 Å². The second kappa shape index (κ2) is 7.25. The Balaban J connectivity index is 1.38. The highest BCUT2D eigenvalue weighted by Gasteiger charge is 2.20. The van der Waals surface area contributed by atoms with Crippen LogP contribution >= 0.6 is 11.3 Å². The van der Waals surface area contributed by atoms with E-state index >= 15 is 0 Å². The fraction of sp³-hybridized carbons (Fsp3) is 0.250. The van der Waals surface area contributed by atoms with Crippen LogP contribution in [0.5, 0.6) is 5.75 Å². The van der Waals surface area contributed by atoms with Crippen molar-refractivity contribution in [2.45, 2.75) is 19.5 Å². The quantitative estimate of drug-likeness (QED) is 0.741. The molecule has 0 saturated carbocycles. The minimum Gasteiger partial charge on any atom is -0.497 e. The number of hydrogen-bond acceptors (Lipinski definition) is 4. The number of thiazole rings is 1. The van der Waals surface area contributed by atoms with Crippen molar-refractivity contribution in [3.05, 3.63) is 70.7 Å². The van der Waals surface area contributed by atoms with Gasteiger partial charge in [-0.05, 0) is 29.8 Å². The third-order valence-electron chi connectivity index (χ3n) is 4.63. The summed E-state index contributed by atoms with van der Waals surface area (Å²) in [4.78, 5) is 6.34. The fourth-order valence-electron chi connectivity index (χ4n) is 3.29. The first kappa shape index (κ1) is 16.1. The topological polar surface area (TPSA) is 38.6 Å². The Morgan fingerprint density at radius 2 is 1.92 bits per heavy atom. The van der Waals surface area contributed by atoms with E-state index in [1.807, 2.05) is 24.3 Å². The van der Waals surface area contributed by atoms with Crippen LogP contribution in [0.3, 0.4) is 0 Å². The summed E-state index contributed by atoms with van der Waals surface area (Å²) >= 11 is 1.66. The molecule has 3 aromatic rings. The Kier molecular flexibility index (Phi) is 4.68. The monoisotopic (exact) mass is 352 g/mol. The fourth-order valence-corrected chi connectivity index (χ4v) is 4.02. The summed E-state index contributed by atoms with van der Waals surface area (Å²) < 4.78 is 5.19. The summed E-state index contributed by atoms with van der Waals surface area (Å²) in [5.74, 6) is 0.861. The Labute approximate surface area is 152 Å². The number of quaternary nitrogens is 1. The summed E-state index contributed by atoms with van der Waals surface area (Å²) in [6.45, 7) is 3.25. The lowest BCUT2D eigenvalue weighted by Gasteiger charge is -2.25. The van der Waals surface area contributed by atoms with Gasteiger partial charge < -0.3 is 15.0 Å². The number of methoxy groups -OCH3 is 1. The molecule has 128 valence electrons. The molecule has 4 nitrogen and oxygen atoms in total. The van der Waals surface area contributed by atoms with E-state index in [4.69, 9.17) is 9.72 Å². The molecular formula is C20H22N3OS+. The number of ether oxygens (including phenoxy) is 1. The van der Waals surface area contributed by atoms with E-state index in [1.165, 1.54) is 17.7 Å². The SMILES string of the molecule is COc1ccc(Nc2nc(C[NH+]3CCc4ccccc4C3)cs2)cc1. The molecule has 0 spiro atoms. The molecule has 1 aromatic heterocycles. The van der Waals surface area contributed by atoms with E-state index < -0.39 is 0 Å². The highest BCUT2D eigenvalue weighted by atomic mass is 32.1. The van der Waals surface area contributed by atoms with Crippen molar-refractivity contribution in [3.8, 4) is 5.75 Å². The first-order valence-corrected chi connectivity index (χ1v) is 9.44. The molecular weight excluding hydrogens is 330 g/mol. The number of anilines is 2. The summed E-state index contributed by atoms with van der Waals surface area (Å²) in [6.07, 6.45) is 1.16. The van der Waals surface area contributed by atoms with Crippen LogP contribution in [0.1, 0.15) is 16.8 Å². The van der Waals surface area contributed by atoms with Gasteiger partial charge in [-0.15, -0.1) is 11.3 Å². The molecule has 25 heavy (non-hydrogen) atoms. The van der Waals surface area contributed by atoms with Gasteiger partial charge >= 0.3 is 0 Å². The molecule has 4 rings (SSSR count). The highest BCUT2D eigenvalue weighted by Crippen LogP contribution is 2.22. The van der Waals surface area contributed by atoms with Gasteiger partial charge in [0.05, 0.1) is 13.7 Å². The first-order valence-electron chi connectivity index (χ1n) is 8.56. The van der Waals surface area contributed by atoms with Gasteiger partial charge in [-0.2, -0.15) is 0 Å². The second-order valence-corrected chi connectivity index (χ2v) is 7.23. The maximum absolute atomic E-state index is 5.19. The van der Waals surface area contributed by atoms with E-state index in [9.17, 15) is 0 Å². The number of aromatic nitrogens is 1. The summed E-state index contributed by atoms with van der Waals surface area (Å²) in [6, 6.07) is 16.7. The van der Waals surface area contributed by atoms with Gasteiger partial charge in [0, 0.05) is 23.1 Å². The lowest BCUT2D eigenvalue weighted by molar-refractivity contribution is -0.929. The summed E-state index contributed by atoms with van der Waals surface area (Å²) in [7, 11) is 1.68. The van der Waals surface area contributed by atoms with Crippen molar-refractivity contribution >= 4 is 22.2 Å². The lowest BCUT2D eigenvalue weighted by atomic mass is 10.00. The number of nitrogens with zero attached hydrogens (tertiary/aromatic N) is 1. The number of hydrogen-bond donors (Lipinski definition) is 2. The number of rotatable bonds is 5. The summed E-state index contributed by atoms with van der Waals surface area (Å²) in [5.41, 5.74) is 5.18. The van der Waals surface area contributed by atoms with E-state index in [2.05, 4.69) is 35.0 Å². The van der Waals surface area contributed by atoms with Crippen molar-refractivity contribution in [2.75, 3.05) is 19.0 Å². The Hall–Kier alpha value is -2.37. The molecule has 2 aromatic carbocycles. The van der Waals surface area contributed by atoms with Crippen molar-refractivity contribution in [1.29, 1.82) is 0 Å². The average molecular weight is 352 g/mol. The molecule has 1 unspecified atom stereocenters. The third kappa shape index (κ3) is 3.83. The van der Waals surface area contributed by atoms with Gasteiger partial charge in [0.1, 0.15) is 24.5 Å². The van der Waals surface area contributed by atoms with Crippen LogP contribution in [0, 0.1) is 0 Å². The summed E-state index contributed by atoms with van der Waals surface area (Å²) in [5, 5.41) is 6.48. The van der Waals surface area contributed by atoms with Gasteiger partial charge in [0.2, 0.25) is 0 Å². The van der Waals surface area contributed by atoms with E-state index in [0.29, 0.717) is 0 Å². The van der Waals surface area contributed by atoms with Gasteiger partial charge in [0.15, 0.2) is 5.13 Å². The lowest BCUT2D eigenvalue weighted by Crippen LogP contribution is -3.10. The highest BCUT2D eigenvalue weighted by molar-refractivity contribution is 7.13. The van der Waals surface area contributed by atoms with Gasteiger partial charge in [0.25, 0.3) is 0 Å². The van der Waals surface area contributed by atoms with Crippen LogP contribution in [-0.4, -0.2) is 18.6 Å². The van der Waals surface area contributed by atoms with Crippen LogP contribution in [0.2, 0.25) is 0 Å². The maximum Gasteiger partial charge on any atom is 0.187 e. The normalized spacial score (nSPS) is 16.3. The molecule has 0 fully saturated rings. The third-order valence-corrected chi connectivity index (χ3v) is 5.44. The van der Waals surface area contributed by atoms with Gasteiger partial charge in [-0.25, -0.2) is 4.98 Å². The van der Waals surface area contributed by atoms with E-state index in [1.54, 1.807) is 23.3 Å². The zero-order valence-electron chi connectivity index (χ0n) is 14.3. The molecule has 0 bridgehead atoms. The molecule has 0 aliphatic carbocycles. The standard InChI is InChI=1S/C20H21N3OS/c1-24-19-8-6-17(7-9-19)21-20-22-18(14-25-20)13-23-11-10-15-4-2-3-5-16(15)12-23/h2-9,14H,10-13H2,1H3,(H,21,22)/p+1. The maximum atomic E-state index is 5.19. The van der Waals surface area contributed by atoms with Gasteiger partial charge in [-0.1, -0.05) is 24.3 Å². The molecule has 1 atom stereocenters. The molecule has 1 aliphatic rings. The van der Waals surface area contributed by atoms with Crippen molar-refractivity contribution in [3.63, 3.8) is 0 Å². The van der Waals surface area contributed by atoms with Crippen LogP contribution in [-0.2, 0) is 19.5 Å². The molecule has 0 saturated heterocycles. The van der Waals surface area contributed by atoms with E-state index in [-0.39, 0.29) is 0 Å². The molecule has 2 N–H and O–H groups in total. The van der Waals surface area contributed by atoms with Crippen molar-refractivity contribution in [2.24, 2.45) is 0 Å². The predicted molar refractivity (Wildman–Crippen MR) is 102 cm³/mol.